The average Bonchev–Trinajstić information content (AvgIpc) is 2.23. The van der Waals surface area contributed by atoms with Crippen LogP contribution in [-0.2, 0) is 16.0 Å². The molecule has 0 saturated heterocycles. The summed E-state index contributed by atoms with van der Waals surface area (Å²) >= 11 is 0. The second-order valence-corrected chi connectivity index (χ2v) is 2.97. The summed E-state index contributed by atoms with van der Waals surface area (Å²) in [5.74, 6) is -1.51. The van der Waals surface area contributed by atoms with Gasteiger partial charge in [-0.05, 0) is 0 Å². The van der Waals surface area contributed by atoms with Gasteiger partial charge in [0, 0.05) is 6.07 Å². The van der Waals surface area contributed by atoms with Gasteiger partial charge in [-0.25, -0.2) is 8.78 Å². The second kappa shape index (κ2) is 4.73. The maximum atomic E-state index is 12.3. The van der Waals surface area contributed by atoms with Crippen molar-refractivity contribution in [3.05, 3.63) is 27.7 Å². The summed E-state index contributed by atoms with van der Waals surface area (Å²) in [6.45, 7) is 0. The Morgan fingerprint density at radius 1 is 1.62 bits per heavy atom. The number of aromatic nitrogens is 1. The number of hydrogen-bond acceptors (Lipinski definition) is 4. The van der Waals surface area contributed by atoms with Crippen LogP contribution in [0.25, 0.3) is 0 Å². The standard InChI is InChI=1S/C9H9F2NO4/c1-16-7(14)3-4-8(15)6(13)2-5(12-4)9(10)11/h2,9,15H,3H2,1H3,(H,12,13). The smallest absolute Gasteiger partial charge is 0.311 e. The van der Waals surface area contributed by atoms with E-state index in [1.54, 1.807) is 0 Å². The molecule has 16 heavy (non-hydrogen) atoms. The van der Waals surface area contributed by atoms with Crippen molar-refractivity contribution in [1.29, 1.82) is 0 Å². The van der Waals surface area contributed by atoms with Gasteiger partial charge in [0.15, 0.2) is 5.75 Å². The van der Waals surface area contributed by atoms with Crippen LogP contribution in [0.15, 0.2) is 10.9 Å². The number of esters is 1. The first-order chi connectivity index (χ1) is 7.45. The molecular weight excluding hydrogens is 224 g/mol. The number of H-pyrrole nitrogens is 1. The first-order valence-corrected chi connectivity index (χ1v) is 4.25. The summed E-state index contributed by atoms with van der Waals surface area (Å²) in [5, 5.41) is 9.25. The molecule has 2 N–H and O–H groups in total. The Labute approximate surface area is 88.7 Å². The third-order valence-corrected chi connectivity index (χ3v) is 1.88. The molecule has 0 radical (unpaired) electrons. The van der Waals surface area contributed by atoms with Gasteiger partial charge in [-0.15, -0.1) is 0 Å². The lowest BCUT2D eigenvalue weighted by Crippen LogP contribution is -2.13. The van der Waals surface area contributed by atoms with Crippen molar-refractivity contribution in [3.63, 3.8) is 0 Å². The van der Waals surface area contributed by atoms with Crippen molar-refractivity contribution in [2.24, 2.45) is 0 Å². The number of pyridine rings is 1. The van der Waals surface area contributed by atoms with Crippen molar-refractivity contribution in [2.45, 2.75) is 12.8 Å². The van der Waals surface area contributed by atoms with E-state index in [2.05, 4.69) is 9.72 Å². The van der Waals surface area contributed by atoms with Gasteiger partial charge in [0.1, 0.15) is 0 Å². The molecule has 7 heteroatoms. The van der Waals surface area contributed by atoms with Crippen LogP contribution in [0.4, 0.5) is 8.78 Å². The molecule has 0 amide bonds. The lowest BCUT2D eigenvalue weighted by Gasteiger charge is -2.06. The molecular formula is C9H9F2NO4. The number of carbonyl (C=O) groups is 1. The maximum absolute atomic E-state index is 12.3. The quantitative estimate of drug-likeness (QED) is 0.754. The van der Waals surface area contributed by atoms with Gasteiger partial charge in [0.05, 0.1) is 24.9 Å². The number of aromatic amines is 1. The van der Waals surface area contributed by atoms with Gasteiger partial charge in [-0.3, -0.25) is 9.59 Å². The van der Waals surface area contributed by atoms with Crippen LogP contribution >= 0.6 is 0 Å². The number of halogens is 2. The van der Waals surface area contributed by atoms with Crippen LogP contribution in [0, 0.1) is 0 Å². The molecule has 0 bridgehead atoms. The first kappa shape index (κ1) is 12.2. The predicted octanol–water partition coefficient (Wildman–Crippen LogP) is 0.734. The zero-order valence-electron chi connectivity index (χ0n) is 8.29. The van der Waals surface area contributed by atoms with Crippen LogP contribution in [0.1, 0.15) is 17.8 Å². The van der Waals surface area contributed by atoms with E-state index in [4.69, 9.17) is 0 Å². The topological polar surface area (TPSA) is 79.4 Å². The maximum Gasteiger partial charge on any atom is 0.311 e. The van der Waals surface area contributed by atoms with E-state index in [1.807, 2.05) is 0 Å². The van der Waals surface area contributed by atoms with Gasteiger partial charge in [0.2, 0.25) is 5.43 Å². The Morgan fingerprint density at radius 2 is 2.25 bits per heavy atom. The number of methoxy groups -OCH3 is 1. The van der Waals surface area contributed by atoms with Gasteiger partial charge in [-0.1, -0.05) is 0 Å². The molecule has 0 aliphatic rings. The van der Waals surface area contributed by atoms with Crippen LogP contribution < -0.4 is 5.43 Å². The van der Waals surface area contributed by atoms with E-state index in [-0.39, 0.29) is 5.69 Å². The second-order valence-electron chi connectivity index (χ2n) is 2.97. The molecule has 1 aromatic rings. The zero-order valence-corrected chi connectivity index (χ0v) is 8.29. The minimum absolute atomic E-state index is 0.283. The third-order valence-electron chi connectivity index (χ3n) is 1.88. The van der Waals surface area contributed by atoms with Gasteiger partial charge in [-0.2, -0.15) is 0 Å². The predicted molar refractivity (Wildman–Crippen MR) is 49.4 cm³/mol. The molecule has 0 atom stereocenters. The van der Waals surface area contributed by atoms with Crippen LogP contribution in [0.5, 0.6) is 5.75 Å². The number of ether oxygens (including phenoxy) is 1. The molecule has 88 valence electrons. The minimum Gasteiger partial charge on any atom is -0.503 e. The monoisotopic (exact) mass is 233 g/mol. The molecule has 1 heterocycles. The molecule has 0 fully saturated rings. The van der Waals surface area contributed by atoms with E-state index in [9.17, 15) is 23.5 Å². The fraction of sp³-hybridized carbons (Fsp3) is 0.333. The fourth-order valence-electron chi connectivity index (χ4n) is 1.09. The molecule has 0 spiro atoms. The lowest BCUT2D eigenvalue weighted by atomic mass is 10.2. The fourth-order valence-corrected chi connectivity index (χ4v) is 1.09. The van der Waals surface area contributed by atoms with Crippen molar-refractivity contribution in [2.75, 3.05) is 7.11 Å². The lowest BCUT2D eigenvalue weighted by molar-refractivity contribution is -0.139. The first-order valence-electron chi connectivity index (χ1n) is 4.25. The van der Waals surface area contributed by atoms with Crippen molar-refractivity contribution in [1.82, 2.24) is 4.98 Å². The molecule has 5 nitrogen and oxygen atoms in total. The highest BCUT2D eigenvalue weighted by atomic mass is 19.3. The van der Waals surface area contributed by atoms with Crippen LogP contribution in [-0.4, -0.2) is 23.2 Å². The van der Waals surface area contributed by atoms with E-state index in [0.29, 0.717) is 6.07 Å². The molecule has 1 rings (SSSR count). The number of nitrogens with one attached hydrogen (secondary N) is 1. The minimum atomic E-state index is -2.88. The average molecular weight is 233 g/mol. The van der Waals surface area contributed by atoms with E-state index < -0.39 is 35.7 Å². The number of aromatic hydroxyl groups is 1. The molecule has 0 aliphatic carbocycles. The highest BCUT2D eigenvalue weighted by molar-refractivity contribution is 5.72. The molecule has 0 saturated carbocycles. The summed E-state index contributed by atoms with van der Waals surface area (Å²) in [6.07, 6.45) is -3.36. The van der Waals surface area contributed by atoms with E-state index in [0.717, 1.165) is 7.11 Å². The SMILES string of the molecule is COC(=O)Cc1[nH]c(C(F)F)cc(=O)c1O. The largest absolute Gasteiger partial charge is 0.503 e. The van der Waals surface area contributed by atoms with E-state index in [1.165, 1.54) is 0 Å². The summed E-state index contributed by atoms with van der Waals surface area (Å²) < 4.78 is 28.9. The third kappa shape index (κ3) is 2.56. The molecule has 0 aromatic carbocycles. The Kier molecular flexibility index (Phi) is 3.60. The summed E-state index contributed by atoms with van der Waals surface area (Å²) in [7, 11) is 1.11. The summed E-state index contributed by atoms with van der Waals surface area (Å²) in [5.41, 5.74) is -1.90. The van der Waals surface area contributed by atoms with Crippen molar-refractivity contribution < 1.29 is 23.4 Å². The Hall–Kier alpha value is -1.92. The number of carbonyl (C=O) groups excluding carboxylic acids is 1. The van der Waals surface area contributed by atoms with Crippen LogP contribution in [0.3, 0.4) is 0 Å². The van der Waals surface area contributed by atoms with Crippen LogP contribution in [0.2, 0.25) is 0 Å². The number of alkyl halides is 2. The number of hydrogen-bond donors (Lipinski definition) is 2. The number of rotatable bonds is 3. The summed E-state index contributed by atoms with van der Waals surface area (Å²) in [4.78, 5) is 24.1. The molecule has 0 unspecified atom stereocenters. The van der Waals surface area contributed by atoms with Gasteiger partial charge in [0.25, 0.3) is 6.43 Å². The van der Waals surface area contributed by atoms with Gasteiger partial charge < -0.3 is 14.8 Å². The molecule has 1 aromatic heterocycles. The Morgan fingerprint density at radius 3 is 2.75 bits per heavy atom. The van der Waals surface area contributed by atoms with Crippen molar-refractivity contribution >= 4 is 5.97 Å². The highest BCUT2D eigenvalue weighted by Crippen LogP contribution is 2.18. The molecule has 0 aliphatic heterocycles. The Balaban J connectivity index is 3.17. The summed E-state index contributed by atoms with van der Waals surface area (Å²) in [6, 6.07) is 0.584. The van der Waals surface area contributed by atoms with E-state index >= 15 is 0 Å². The normalized spacial score (nSPS) is 10.5. The van der Waals surface area contributed by atoms with Gasteiger partial charge >= 0.3 is 5.97 Å². The zero-order chi connectivity index (χ0) is 12.3. The Bertz CT molecular complexity index is 455. The highest BCUT2D eigenvalue weighted by Gasteiger charge is 2.16. The van der Waals surface area contributed by atoms with Crippen molar-refractivity contribution in [3.8, 4) is 5.75 Å².